The van der Waals surface area contributed by atoms with Crippen LogP contribution >= 0.6 is 0 Å². The minimum absolute atomic E-state index is 0.0982. The summed E-state index contributed by atoms with van der Waals surface area (Å²) in [5, 5.41) is 6.35. The first-order valence-corrected chi connectivity index (χ1v) is 8.32. The van der Waals surface area contributed by atoms with Gasteiger partial charge in [0, 0.05) is 25.2 Å². The monoisotopic (exact) mass is 303 g/mol. The standard InChI is InChI=1S/C17H25N3O2/c1-12(10-13-6-8-22-9-7-13)19-15-4-5-16(18-11-15)20-17(21)14-2-3-14/h4-5,11-14,19H,2-3,6-10H2,1H3,(H,18,20,21). The van der Waals surface area contributed by atoms with Gasteiger partial charge in [-0.3, -0.25) is 4.79 Å². The Labute approximate surface area is 131 Å². The SMILES string of the molecule is CC(CC1CCOCC1)Nc1ccc(NC(=O)C2CC2)nc1. The van der Waals surface area contributed by atoms with Crippen LogP contribution in [-0.4, -0.2) is 30.1 Å². The van der Waals surface area contributed by atoms with Gasteiger partial charge in [-0.15, -0.1) is 0 Å². The molecule has 0 aromatic carbocycles. The summed E-state index contributed by atoms with van der Waals surface area (Å²) in [4.78, 5) is 16.0. The summed E-state index contributed by atoms with van der Waals surface area (Å²) < 4.78 is 5.40. The van der Waals surface area contributed by atoms with E-state index in [0.29, 0.717) is 11.9 Å². The largest absolute Gasteiger partial charge is 0.381 e. The van der Waals surface area contributed by atoms with Gasteiger partial charge in [0.2, 0.25) is 5.91 Å². The van der Waals surface area contributed by atoms with Crippen LogP contribution in [0.25, 0.3) is 0 Å². The molecule has 5 nitrogen and oxygen atoms in total. The van der Waals surface area contributed by atoms with Crippen molar-refractivity contribution in [3.05, 3.63) is 18.3 Å². The maximum Gasteiger partial charge on any atom is 0.228 e. The maximum absolute atomic E-state index is 11.7. The molecule has 5 heteroatoms. The van der Waals surface area contributed by atoms with Gasteiger partial charge in [0.15, 0.2) is 0 Å². The van der Waals surface area contributed by atoms with Crippen LogP contribution < -0.4 is 10.6 Å². The lowest BCUT2D eigenvalue weighted by Gasteiger charge is -2.25. The van der Waals surface area contributed by atoms with Crippen LogP contribution in [0.4, 0.5) is 11.5 Å². The molecule has 2 heterocycles. The summed E-state index contributed by atoms with van der Waals surface area (Å²) in [5.41, 5.74) is 1.00. The van der Waals surface area contributed by atoms with E-state index < -0.39 is 0 Å². The molecule has 22 heavy (non-hydrogen) atoms. The highest BCUT2D eigenvalue weighted by molar-refractivity contribution is 5.93. The van der Waals surface area contributed by atoms with E-state index in [1.165, 1.54) is 0 Å². The smallest absolute Gasteiger partial charge is 0.228 e. The Morgan fingerprint density at radius 3 is 2.73 bits per heavy atom. The van der Waals surface area contributed by atoms with Crippen molar-refractivity contribution in [3.63, 3.8) is 0 Å². The van der Waals surface area contributed by atoms with Gasteiger partial charge in [0.05, 0.1) is 11.9 Å². The summed E-state index contributed by atoms with van der Waals surface area (Å²) in [6, 6.07) is 4.26. The number of ether oxygens (including phenoxy) is 1. The first-order valence-electron chi connectivity index (χ1n) is 8.32. The maximum atomic E-state index is 11.7. The molecule has 2 N–H and O–H groups in total. The number of hydrogen-bond acceptors (Lipinski definition) is 4. The van der Waals surface area contributed by atoms with Crippen molar-refractivity contribution in [1.82, 2.24) is 4.98 Å². The van der Waals surface area contributed by atoms with Crippen LogP contribution in [0.2, 0.25) is 0 Å². The number of nitrogens with zero attached hydrogens (tertiary/aromatic N) is 1. The fraction of sp³-hybridized carbons (Fsp3) is 0.647. The molecule has 1 saturated heterocycles. The highest BCUT2D eigenvalue weighted by Crippen LogP contribution is 2.30. The van der Waals surface area contributed by atoms with E-state index in [2.05, 4.69) is 22.5 Å². The molecule has 0 bridgehead atoms. The van der Waals surface area contributed by atoms with Crippen LogP contribution in [0.5, 0.6) is 0 Å². The predicted octanol–water partition coefficient (Wildman–Crippen LogP) is 3.05. The minimum Gasteiger partial charge on any atom is -0.381 e. The normalized spacial score (nSPS) is 20.4. The van der Waals surface area contributed by atoms with Gasteiger partial charge in [0.1, 0.15) is 5.82 Å². The average molecular weight is 303 g/mol. The zero-order valence-corrected chi connectivity index (χ0v) is 13.2. The molecule has 1 amide bonds. The van der Waals surface area contributed by atoms with E-state index in [9.17, 15) is 4.79 Å². The van der Waals surface area contributed by atoms with E-state index in [4.69, 9.17) is 4.74 Å². The minimum atomic E-state index is 0.0982. The predicted molar refractivity (Wildman–Crippen MR) is 86.8 cm³/mol. The van der Waals surface area contributed by atoms with Gasteiger partial charge >= 0.3 is 0 Å². The molecular weight excluding hydrogens is 278 g/mol. The van der Waals surface area contributed by atoms with E-state index in [1.807, 2.05) is 12.1 Å². The molecule has 0 spiro atoms. The van der Waals surface area contributed by atoms with Crippen LogP contribution in [-0.2, 0) is 9.53 Å². The second-order valence-electron chi connectivity index (χ2n) is 6.53. The Balaban J connectivity index is 1.46. The molecule has 0 radical (unpaired) electrons. The second kappa shape index (κ2) is 7.09. The molecule has 120 valence electrons. The molecule has 3 rings (SSSR count). The summed E-state index contributed by atoms with van der Waals surface area (Å²) in [7, 11) is 0. The van der Waals surface area contributed by atoms with Crippen molar-refractivity contribution in [3.8, 4) is 0 Å². The third-order valence-electron chi connectivity index (χ3n) is 4.40. The molecule has 1 aromatic heterocycles. The van der Waals surface area contributed by atoms with Crippen LogP contribution in [0.3, 0.4) is 0 Å². The fourth-order valence-electron chi connectivity index (χ4n) is 2.95. The first-order chi connectivity index (χ1) is 10.7. The number of anilines is 2. The number of amides is 1. The molecule has 1 saturated carbocycles. The zero-order chi connectivity index (χ0) is 15.4. The van der Waals surface area contributed by atoms with E-state index >= 15 is 0 Å². The average Bonchev–Trinajstić information content (AvgIpc) is 3.35. The lowest BCUT2D eigenvalue weighted by molar-refractivity contribution is -0.117. The summed E-state index contributed by atoms with van der Waals surface area (Å²) in [6.07, 6.45) is 7.30. The van der Waals surface area contributed by atoms with Gasteiger partial charge in [-0.1, -0.05) is 0 Å². The van der Waals surface area contributed by atoms with E-state index in [0.717, 1.165) is 56.9 Å². The second-order valence-corrected chi connectivity index (χ2v) is 6.53. The number of nitrogens with one attached hydrogen (secondary N) is 2. The Hall–Kier alpha value is -1.62. The Morgan fingerprint density at radius 1 is 1.32 bits per heavy atom. The van der Waals surface area contributed by atoms with E-state index in [-0.39, 0.29) is 11.8 Å². The zero-order valence-electron chi connectivity index (χ0n) is 13.2. The Bertz CT molecular complexity index is 493. The lowest BCUT2D eigenvalue weighted by atomic mass is 9.93. The molecular formula is C17H25N3O2. The topological polar surface area (TPSA) is 63.2 Å². The number of rotatable bonds is 6. The third-order valence-corrected chi connectivity index (χ3v) is 4.40. The van der Waals surface area contributed by atoms with Gasteiger partial charge < -0.3 is 15.4 Å². The molecule has 2 aliphatic rings. The number of carbonyl (C=O) groups excluding carboxylic acids is 1. The van der Waals surface area contributed by atoms with Crippen molar-refractivity contribution < 1.29 is 9.53 Å². The summed E-state index contributed by atoms with van der Waals surface area (Å²) in [6.45, 7) is 4.00. The number of pyridine rings is 1. The van der Waals surface area contributed by atoms with Crippen molar-refractivity contribution in [2.24, 2.45) is 11.8 Å². The first kappa shape index (κ1) is 15.3. The Morgan fingerprint density at radius 2 is 2.09 bits per heavy atom. The quantitative estimate of drug-likeness (QED) is 0.848. The fourth-order valence-corrected chi connectivity index (χ4v) is 2.95. The van der Waals surface area contributed by atoms with Crippen LogP contribution in [0, 0.1) is 11.8 Å². The Kier molecular flexibility index (Phi) is 4.93. The number of aromatic nitrogens is 1. The summed E-state index contributed by atoms with van der Waals surface area (Å²) >= 11 is 0. The number of hydrogen-bond donors (Lipinski definition) is 2. The van der Waals surface area contributed by atoms with Gasteiger partial charge in [-0.2, -0.15) is 0 Å². The third kappa shape index (κ3) is 4.44. The molecule has 1 aromatic rings. The summed E-state index contributed by atoms with van der Waals surface area (Å²) in [5.74, 6) is 1.70. The van der Waals surface area contributed by atoms with Crippen LogP contribution in [0.1, 0.15) is 39.0 Å². The van der Waals surface area contributed by atoms with Crippen molar-refractivity contribution in [1.29, 1.82) is 0 Å². The van der Waals surface area contributed by atoms with Crippen LogP contribution in [0.15, 0.2) is 18.3 Å². The highest BCUT2D eigenvalue weighted by Gasteiger charge is 2.29. The molecule has 1 atom stereocenters. The van der Waals surface area contributed by atoms with Gasteiger partial charge in [-0.05, 0) is 57.1 Å². The number of carbonyl (C=O) groups is 1. The highest BCUT2D eigenvalue weighted by atomic mass is 16.5. The van der Waals surface area contributed by atoms with Gasteiger partial charge in [0.25, 0.3) is 0 Å². The molecule has 1 aliphatic heterocycles. The molecule has 1 aliphatic carbocycles. The van der Waals surface area contributed by atoms with Crippen molar-refractivity contribution in [2.45, 2.75) is 45.1 Å². The lowest BCUT2D eigenvalue weighted by Crippen LogP contribution is -2.24. The molecule has 1 unspecified atom stereocenters. The van der Waals surface area contributed by atoms with Crippen molar-refractivity contribution >= 4 is 17.4 Å². The van der Waals surface area contributed by atoms with Crippen molar-refractivity contribution in [2.75, 3.05) is 23.8 Å². The molecule has 2 fully saturated rings. The van der Waals surface area contributed by atoms with E-state index in [1.54, 1.807) is 6.20 Å². The van der Waals surface area contributed by atoms with Gasteiger partial charge in [-0.25, -0.2) is 4.98 Å².